The van der Waals surface area contributed by atoms with Gasteiger partial charge in [-0.15, -0.1) is 0 Å². The first kappa shape index (κ1) is 11.4. The van der Waals surface area contributed by atoms with Gasteiger partial charge in [0, 0.05) is 25.4 Å². The number of likely N-dealkylation sites (tertiary alicyclic amines) is 2. The second-order valence-electron chi connectivity index (χ2n) is 5.09. The molecule has 0 N–H and O–H groups in total. The summed E-state index contributed by atoms with van der Waals surface area (Å²) in [7, 11) is 0. The molecule has 2 unspecified atom stereocenters. The van der Waals surface area contributed by atoms with Crippen LogP contribution < -0.4 is 0 Å². The number of hydrogen-bond donors (Lipinski definition) is 0. The highest BCUT2D eigenvalue weighted by atomic mass is 16.2. The Morgan fingerprint density at radius 3 is 2.19 bits per heavy atom. The second kappa shape index (κ2) is 4.07. The smallest absolute Gasteiger partial charge is 0.225 e. The summed E-state index contributed by atoms with van der Waals surface area (Å²) in [6.07, 6.45) is 1.55. The molecule has 0 aliphatic carbocycles. The van der Waals surface area contributed by atoms with E-state index < -0.39 is 0 Å². The summed E-state index contributed by atoms with van der Waals surface area (Å²) in [4.78, 5) is 27.5. The number of nitrogens with zero attached hydrogens (tertiary/aromatic N) is 2. The molecule has 2 aliphatic heterocycles. The minimum absolute atomic E-state index is 0.0645. The summed E-state index contributed by atoms with van der Waals surface area (Å²) in [6, 6.07) is 0.551. The maximum absolute atomic E-state index is 11.9. The lowest BCUT2D eigenvalue weighted by Gasteiger charge is -2.35. The monoisotopic (exact) mass is 224 g/mol. The van der Waals surface area contributed by atoms with Crippen molar-refractivity contribution < 1.29 is 9.59 Å². The van der Waals surface area contributed by atoms with Crippen LogP contribution in [-0.4, -0.2) is 46.8 Å². The number of fused-ring (bicyclic) bond motifs is 2. The summed E-state index contributed by atoms with van der Waals surface area (Å²) in [5, 5.41) is 0. The summed E-state index contributed by atoms with van der Waals surface area (Å²) in [5.41, 5.74) is 0. The number of carbonyl (C=O) groups excluding carboxylic acids is 2. The Hall–Kier alpha value is -1.06. The molecule has 2 bridgehead atoms. The molecule has 4 heteroatoms. The van der Waals surface area contributed by atoms with Gasteiger partial charge in [0.25, 0.3) is 0 Å². The summed E-state index contributed by atoms with van der Waals surface area (Å²) < 4.78 is 0. The van der Waals surface area contributed by atoms with E-state index in [1.807, 2.05) is 30.6 Å². The third-order valence-electron chi connectivity index (χ3n) is 3.64. The van der Waals surface area contributed by atoms with Gasteiger partial charge in [-0.1, -0.05) is 20.8 Å². The molecule has 0 saturated carbocycles. The van der Waals surface area contributed by atoms with Crippen molar-refractivity contribution in [1.29, 1.82) is 0 Å². The van der Waals surface area contributed by atoms with Crippen LogP contribution in [0.15, 0.2) is 0 Å². The Kier molecular flexibility index (Phi) is 2.91. The average molecular weight is 224 g/mol. The van der Waals surface area contributed by atoms with Crippen molar-refractivity contribution in [3.63, 3.8) is 0 Å². The maximum Gasteiger partial charge on any atom is 0.225 e. The number of rotatable bonds is 2. The Morgan fingerprint density at radius 1 is 1.19 bits per heavy atom. The first-order chi connectivity index (χ1) is 7.54. The van der Waals surface area contributed by atoms with Crippen molar-refractivity contribution in [2.24, 2.45) is 5.92 Å². The molecule has 0 aromatic heterocycles. The van der Waals surface area contributed by atoms with Crippen LogP contribution in [0.2, 0.25) is 0 Å². The van der Waals surface area contributed by atoms with E-state index in [-0.39, 0.29) is 29.8 Å². The van der Waals surface area contributed by atoms with E-state index in [0.717, 1.165) is 19.5 Å². The lowest BCUT2D eigenvalue weighted by molar-refractivity contribution is -0.141. The first-order valence-corrected chi connectivity index (χ1v) is 6.14. The molecule has 2 amide bonds. The lowest BCUT2D eigenvalue weighted by atomic mass is 10.1. The van der Waals surface area contributed by atoms with Crippen molar-refractivity contribution in [1.82, 2.24) is 9.80 Å². The Balaban J connectivity index is 2.00. The molecule has 2 atom stereocenters. The Bertz CT molecular complexity index is 314. The molecule has 0 spiro atoms. The quantitative estimate of drug-likeness (QED) is 0.698. The van der Waals surface area contributed by atoms with Crippen molar-refractivity contribution in [3.8, 4) is 0 Å². The molecule has 90 valence electrons. The Labute approximate surface area is 96.6 Å². The number of carbonyl (C=O) groups is 2. The van der Waals surface area contributed by atoms with Crippen LogP contribution in [-0.2, 0) is 9.59 Å². The van der Waals surface area contributed by atoms with E-state index in [4.69, 9.17) is 0 Å². The summed E-state index contributed by atoms with van der Waals surface area (Å²) in [6.45, 7) is 7.25. The molecule has 2 fully saturated rings. The molecule has 16 heavy (non-hydrogen) atoms. The average Bonchev–Trinajstić information content (AvgIpc) is 2.85. The summed E-state index contributed by atoms with van der Waals surface area (Å²) >= 11 is 0. The zero-order valence-electron chi connectivity index (χ0n) is 10.3. The molecule has 2 aliphatic rings. The fraction of sp³-hybridized carbons (Fsp3) is 0.833. The van der Waals surface area contributed by atoms with Crippen molar-refractivity contribution in [2.75, 3.05) is 13.1 Å². The highest BCUT2D eigenvalue weighted by Gasteiger charge is 2.46. The second-order valence-corrected chi connectivity index (χ2v) is 5.09. The van der Waals surface area contributed by atoms with Crippen LogP contribution in [0.4, 0.5) is 0 Å². The van der Waals surface area contributed by atoms with Crippen LogP contribution in [0.1, 0.15) is 33.6 Å². The van der Waals surface area contributed by atoms with Crippen molar-refractivity contribution in [2.45, 2.75) is 45.7 Å². The van der Waals surface area contributed by atoms with E-state index >= 15 is 0 Å². The normalized spacial score (nSPS) is 28.0. The van der Waals surface area contributed by atoms with E-state index in [1.165, 1.54) is 0 Å². The zero-order chi connectivity index (χ0) is 11.9. The minimum Gasteiger partial charge on any atom is -0.336 e. The van der Waals surface area contributed by atoms with Gasteiger partial charge in [-0.25, -0.2) is 0 Å². The highest BCUT2D eigenvalue weighted by molar-refractivity contribution is 5.81. The highest BCUT2D eigenvalue weighted by Crippen LogP contribution is 2.31. The van der Waals surface area contributed by atoms with E-state index in [2.05, 4.69) is 0 Å². The molecule has 2 rings (SSSR count). The van der Waals surface area contributed by atoms with E-state index in [1.54, 1.807) is 0 Å². The molecule has 0 aromatic carbocycles. The molecular weight excluding hydrogens is 204 g/mol. The number of piperazine rings is 1. The zero-order valence-corrected chi connectivity index (χ0v) is 10.3. The molecule has 4 nitrogen and oxygen atoms in total. The van der Waals surface area contributed by atoms with Crippen LogP contribution in [0, 0.1) is 5.92 Å². The van der Waals surface area contributed by atoms with E-state index in [0.29, 0.717) is 6.42 Å². The van der Waals surface area contributed by atoms with Gasteiger partial charge in [0.2, 0.25) is 11.8 Å². The van der Waals surface area contributed by atoms with Gasteiger partial charge in [-0.3, -0.25) is 9.59 Å². The lowest BCUT2D eigenvalue weighted by Crippen LogP contribution is -2.51. The number of hydrogen-bond acceptors (Lipinski definition) is 2. The molecular formula is C12H20N2O2. The predicted octanol–water partition coefficient (Wildman–Crippen LogP) is 0.864. The largest absolute Gasteiger partial charge is 0.336 e. The van der Waals surface area contributed by atoms with Crippen LogP contribution in [0.25, 0.3) is 0 Å². The fourth-order valence-electron chi connectivity index (χ4n) is 2.78. The fourth-order valence-corrected chi connectivity index (χ4v) is 2.78. The third-order valence-corrected chi connectivity index (χ3v) is 3.64. The van der Waals surface area contributed by atoms with Crippen LogP contribution >= 0.6 is 0 Å². The van der Waals surface area contributed by atoms with Crippen LogP contribution in [0.3, 0.4) is 0 Å². The first-order valence-electron chi connectivity index (χ1n) is 6.14. The van der Waals surface area contributed by atoms with Crippen molar-refractivity contribution in [3.05, 3.63) is 0 Å². The van der Waals surface area contributed by atoms with Gasteiger partial charge in [0.05, 0.1) is 12.1 Å². The van der Waals surface area contributed by atoms with Gasteiger partial charge in [0.1, 0.15) is 0 Å². The van der Waals surface area contributed by atoms with Gasteiger partial charge in [0.15, 0.2) is 0 Å². The van der Waals surface area contributed by atoms with Gasteiger partial charge >= 0.3 is 0 Å². The number of amides is 2. The SMILES string of the molecule is CCC(=O)N1CC2CC1CN2C(=O)C(C)C. The standard InChI is InChI=1S/C12H20N2O2/c1-4-11(15)13-6-10-5-9(13)7-14(10)12(16)8(2)3/h8-10H,4-7H2,1-3H3. The predicted molar refractivity (Wildman–Crippen MR) is 60.7 cm³/mol. The van der Waals surface area contributed by atoms with Crippen molar-refractivity contribution >= 4 is 11.8 Å². The van der Waals surface area contributed by atoms with Gasteiger partial charge < -0.3 is 9.80 Å². The minimum atomic E-state index is 0.0645. The van der Waals surface area contributed by atoms with Gasteiger partial charge in [-0.2, -0.15) is 0 Å². The molecule has 2 saturated heterocycles. The Morgan fingerprint density at radius 2 is 1.75 bits per heavy atom. The topological polar surface area (TPSA) is 40.6 Å². The summed E-state index contributed by atoms with van der Waals surface area (Å²) in [5.74, 6) is 0.523. The van der Waals surface area contributed by atoms with Crippen LogP contribution in [0.5, 0.6) is 0 Å². The molecule has 2 heterocycles. The maximum atomic E-state index is 11.9. The van der Waals surface area contributed by atoms with Gasteiger partial charge in [-0.05, 0) is 6.42 Å². The molecule has 0 radical (unpaired) electrons. The van der Waals surface area contributed by atoms with E-state index in [9.17, 15) is 9.59 Å². The third kappa shape index (κ3) is 1.70. The molecule has 0 aromatic rings.